The second kappa shape index (κ2) is 8.83. The number of rotatable bonds is 5. The molecule has 6 heteroatoms. The second-order valence-electron chi connectivity index (χ2n) is 5.66. The number of aryl methyl sites for hydroxylation is 1. The normalized spacial score (nSPS) is 11.5. The number of benzene rings is 2. The molecule has 0 saturated heterocycles. The maximum Gasteiger partial charge on any atom is 0.339 e. The summed E-state index contributed by atoms with van der Waals surface area (Å²) in [6.07, 6.45) is 0.888. The highest BCUT2D eigenvalue weighted by Gasteiger charge is 2.13. The van der Waals surface area contributed by atoms with Crippen molar-refractivity contribution in [2.75, 3.05) is 12.4 Å². The first-order chi connectivity index (χ1) is 11.9. The van der Waals surface area contributed by atoms with E-state index in [1.54, 1.807) is 18.2 Å². The molecule has 0 saturated carbocycles. The van der Waals surface area contributed by atoms with Gasteiger partial charge in [-0.05, 0) is 49.3 Å². The number of anilines is 1. The lowest BCUT2D eigenvalue weighted by Gasteiger charge is -2.20. The molecule has 25 heavy (non-hydrogen) atoms. The number of ether oxygens (including phenoxy) is 1. The molecule has 2 aromatic carbocycles. The van der Waals surface area contributed by atoms with Crippen LogP contribution in [-0.2, 0) is 4.74 Å². The Morgan fingerprint density at radius 2 is 1.92 bits per heavy atom. The highest BCUT2D eigenvalue weighted by molar-refractivity contribution is 7.80. The van der Waals surface area contributed by atoms with Gasteiger partial charge in [0.1, 0.15) is 0 Å². The Bertz CT molecular complexity index is 763. The molecule has 0 aliphatic rings. The van der Waals surface area contributed by atoms with Gasteiger partial charge in [0.2, 0.25) is 0 Å². The van der Waals surface area contributed by atoms with E-state index in [1.807, 2.05) is 0 Å². The predicted octanol–water partition coefficient (Wildman–Crippen LogP) is 4.87. The van der Waals surface area contributed by atoms with Gasteiger partial charge in [-0.1, -0.05) is 48.4 Å². The number of hydrogen-bond acceptors (Lipinski definition) is 3. The number of carbonyl (C=O) groups excluding carboxylic acids is 1. The highest BCUT2D eigenvalue weighted by Crippen LogP contribution is 2.22. The Morgan fingerprint density at radius 1 is 1.24 bits per heavy atom. The summed E-state index contributed by atoms with van der Waals surface area (Å²) >= 11 is 11.4. The third-order valence-electron chi connectivity index (χ3n) is 3.82. The molecule has 0 aliphatic heterocycles. The minimum Gasteiger partial charge on any atom is -0.465 e. The Kier molecular flexibility index (Phi) is 6.79. The van der Waals surface area contributed by atoms with Crippen LogP contribution in [0.25, 0.3) is 0 Å². The molecule has 0 spiro atoms. The van der Waals surface area contributed by atoms with Crippen LogP contribution in [0, 0.1) is 6.92 Å². The van der Waals surface area contributed by atoms with E-state index in [2.05, 4.69) is 48.7 Å². The summed E-state index contributed by atoms with van der Waals surface area (Å²) in [5, 5.41) is 7.20. The van der Waals surface area contributed by atoms with Gasteiger partial charge in [-0.25, -0.2) is 4.79 Å². The molecule has 0 unspecified atom stereocenters. The van der Waals surface area contributed by atoms with Gasteiger partial charge in [-0.15, -0.1) is 0 Å². The van der Waals surface area contributed by atoms with Crippen LogP contribution in [0.15, 0.2) is 42.5 Å². The summed E-state index contributed by atoms with van der Waals surface area (Å²) in [4.78, 5) is 11.7. The summed E-state index contributed by atoms with van der Waals surface area (Å²) in [7, 11) is 1.32. The number of nitrogens with one attached hydrogen (secondary N) is 2. The topological polar surface area (TPSA) is 50.4 Å². The second-order valence-corrected chi connectivity index (χ2v) is 6.47. The van der Waals surface area contributed by atoms with Crippen LogP contribution in [0.2, 0.25) is 5.02 Å². The summed E-state index contributed by atoms with van der Waals surface area (Å²) in [6, 6.07) is 13.5. The molecule has 2 aromatic rings. The molecular weight excluding hydrogens is 356 g/mol. The number of esters is 1. The third kappa shape index (κ3) is 5.18. The number of halogens is 1. The fourth-order valence-corrected chi connectivity index (χ4v) is 2.87. The number of carbonyl (C=O) groups is 1. The molecule has 0 fully saturated rings. The molecule has 0 aromatic heterocycles. The van der Waals surface area contributed by atoms with Gasteiger partial charge in [-0.3, -0.25) is 0 Å². The van der Waals surface area contributed by atoms with Gasteiger partial charge in [0, 0.05) is 5.69 Å². The van der Waals surface area contributed by atoms with E-state index >= 15 is 0 Å². The molecule has 4 nitrogen and oxygen atoms in total. The third-order valence-corrected chi connectivity index (χ3v) is 4.37. The fourth-order valence-electron chi connectivity index (χ4n) is 2.41. The van der Waals surface area contributed by atoms with Gasteiger partial charge in [0.15, 0.2) is 5.11 Å². The quantitative estimate of drug-likeness (QED) is 0.575. The van der Waals surface area contributed by atoms with Crippen LogP contribution in [0.5, 0.6) is 0 Å². The zero-order valence-corrected chi connectivity index (χ0v) is 16.0. The molecule has 0 aliphatic carbocycles. The number of thiocarbonyl (C=S) groups is 1. The van der Waals surface area contributed by atoms with Crippen molar-refractivity contribution in [1.82, 2.24) is 5.32 Å². The van der Waals surface area contributed by atoms with E-state index in [-0.39, 0.29) is 6.04 Å². The van der Waals surface area contributed by atoms with Crippen molar-refractivity contribution < 1.29 is 9.53 Å². The monoisotopic (exact) mass is 376 g/mol. The molecule has 132 valence electrons. The molecule has 0 bridgehead atoms. The van der Waals surface area contributed by atoms with Crippen LogP contribution in [-0.4, -0.2) is 18.2 Å². The van der Waals surface area contributed by atoms with Crippen LogP contribution >= 0.6 is 23.8 Å². The zero-order chi connectivity index (χ0) is 18.4. The maximum atomic E-state index is 11.7. The fraction of sp³-hybridized carbons (Fsp3) is 0.263. The molecule has 2 rings (SSSR count). The van der Waals surface area contributed by atoms with Crippen molar-refractivity contribution in [3.63, 3.8) is 0 Å². The van der Waals surface area contributed by atoms with E-state index in [9.17, 15) is 4.79 Å². The van der Waals surface area contributed by atoms with Crippen molar-refractivity contribution in [2.45, 2.75) is 26.3 Å². The smallest absolute Gasteiger partial charge is 0.339 e. The Morgan fingerprint density at radius 3 is 2.52 bits per heavy atom. The minimum atomic E-state index is -0.487. The predicted molar refractivity (Wildman–Crippen MR) is 106 cm³/mol. The average Bonchev–Trinajstić information content (AvgIpc) is 2.61. The number of hydrogen-bond donors (Lipinski definition) is 2. The van der Waals surface area contributed by atoms with E-state index in [1.165, 1.54) is 18.2 Å². The van der Waals surface area contributed by atoms with E-state index in [0.717, 1.165) is 6.42 Å². The molecular formula is C19H21ClN2O2S. The molecule has 0 amide bonds. The van der Waals surface area contributed by atoms with Crippen LogP contribution < -0.4 is 10.6 Å². The van der Waals surface area contributed by atoms with E-state index in [4.69, 9.17) is 28.6 Å². The Hall–Kier alpha value is -2.11. The zero-order valence-electron chi connectivity index (χ0n) is 14.4. The van der Waals surface area contributed by atoms with Gasteiger partial charge in [-0.2, -0.15) is 0 Å². The van der Waals surface area contributed by atoms with Gasteiger partial charge < -0.3 is 15.4 Å². The lowest BCUT2D eigenvalue weighted by molar-refractivity contribution is 0.0601. The van der Waals surface area contributed by atoms with Crippen molar-refractivity contribution >= 4 is 40.6 Å². The van der Waals surface area contributed by atoms with Crippen molar-refractivity contribution in [2.24, 2.45) is 0 Å². The van der Waals surface area contributed by atoms with E-state index < -0.39 is 5.97 Å². The molecule has 0 radical (unpaired) electrons. The minimum absolute atomic E-state index is 0.105. The first-order valence-electron chi connectivity index (χ1n) is 7.96. The standard InChI is InChI=1S/C19H21ClN2O2S/c1-4-17(13-7-5-12(2)6-8-13)22-19(25)21-14-9-10-16(20)15(11-14)18(23)24-3/h5-11,17H,4H2,1-3H3,(H2,21,22,25)/t17-/m1/s1. The summed E-state index contributed by atoms with van der Waals surface area (Å²) in [5.41, 5.74) is 3.35. The summed E-state index contributed by atoms with van der Waals surface area (Å²) in [6.45, 7) is 4.15. The van der Waals surface area contributed by atoms with Crippen molar-refractivity contribution in [3.8, 4) is 0 Å². The van der Waals surface area contributed by atoms with Crippen LogP contribution in [0.1, 0.15) is 40.9 Å². The summed E-state index contributed by atoms with van der Waals surface area (Å²) < 4.78 is 4.73. The van der Waals surface area contributed by atoms with E-state index in [0.29, 0.717) is 21.4 Å². The number of methoxy groups -OCH3 is 1. The highest BCUT2D eigenvalue weighted by atomic mass is 35.5. The molecule has 1 atom stereocenters. The Labute approximate surface area is 158 Å². The van der Waals surface area contributed by atoms with Gasteiger partial charge in [0.25, 0.3) is 0 Å². The Balaban J connectivity index is 2.08. The van der Waals surface area contributed by atoms with Crippen molar-refractivity contribution in [3.05, 3.63) is 64.2 Å². The van der Waals surface area contributed by atoms with Gasteiger partial charge >= 0.3 is 5.97 Å². The molecule has 2 N–H and O–H groups in total. The maximum absolute atomic E-state index is 11.7. The SMILES string of the molecule is CC[C@@H](NC(=S)Nc1ccc(Cl)c(C(=O)OC)c1)c1ccc(C)cc1. The van der Waals surface area contributed by atoms with Crippen LogP contribution in [0.4, 0.5) is 5.69 Å². The first-order valence-corrected chi connectivity index (χ1v) is 8.75. The van der Waals surface area contributed by atoms with Gasteiger partial charge in [0.05, 0.1) is 23.7 Å². The first kappa shape index (κ1) is 19.2. The van der Waals surface area contributed by atoms with Crippen molar-refractivity contribution in [1.29, 1.82) is 0 Å². The largest absolute Gasteiger partial charge is 0.465 e. The average molecular weight is 377 g/mol. The lowest BCUT2D eigenvalue weighted by atomic mass is 10.0. The summed E-state index contributed by atoms with van der Waals surface area (Å²) in [5.74, 6) is -0.487. The van der Waals surface area contributed by atoms with Crippen LogP contribution in [0.3, 0.4) is 0 Å². The molecule has 0 heterocycles. The lowest BCUT2D eigenvalue weighted by Crippen LogP contribution is -2.32.